The van der Waals surface area contributed by atoms with Gasteiger partial charge in [-0.1, -0.05) is 30.4 Å². The van der Waals surface area contributed by atoms with Crippen LogP contribution in [0.4, 0.5) is 0 Å². The Balaban J connectivity index is 2.05. The Kier molecular flexibility index (Phi) is 4.06. The third-order valence-electron chi connectivity index (χ3n) is 4.36. The van der Waals surface area contributed by atoms with Crippen LogP contribution in [-0.4, -0.2) is 9.85 Å². The van der Waals surface area contributed by atoms with Crippen LogP contribution in [0.25, 0.3) is 0 Å². The van der Waals surface area contributed by atoms with Crippen molar-refractivity contribution in [1.82, 2.24) is 0 Å². The van der Waals surface area contributed by atoms with Crippen molar-refractivity contribution in [3.05, 3.63) is 90.9 Å². The van der Waals surface area contributed by atoms with E-state index in [1.807, 2.05) is 18.2 Å². The van der Waals surface area contributed by atoms with Crippen LogP contribution >= 0.6 is 0 Å². The minimum atomic E-state index is -0.370. The molecule has 0 N–H and O–H groups in total. The van der Waals surface area contributed by atoms with Crippen LogP contribution in [0.3, 0.4) is 0 Å². The largest absolute Gasteiger partial charge is 0.272 e. The lowest BCUT2D eigenvalue weighted by atomic mass is 9.81. The lowest BCUT2D eigenvalue weighted by Crippen LogP contribution is -2.15. The first-order chi connectivity index (χ1) is 11.1. The molecule has 6 heteroatoms. The third-order valence-corrected chi connectivity index (χ3v) is 4.36. The Morgan fingerprint density at radius 3 is 2.30 bits per heavy atom. The Morgan fingerprint density at radius 2 is 1.61 bits per heavy atom. The molecule has 23 heavy (non-hydrogen) atoms. The minimum absolute atomic E-state index is 0.103. The molecule has 0 aromatic heterocycles. The second kappa shape index (κ2) is 6.16. The molecule has 0 amide bonds. The number of allylic oxidation sites excluding steroid dienone is 10. The van der Waals surface area contributed by atoms with Crippen molar-refractivity contribution in [2.24, 2.45) is 5.92 Å². The highest BCUT2D eigenvalue weighted by Gasteiger charge is 2.32. The van der Waals surface area contributed by atoms with Crippen LogP contribution in [0.1, 0.15) is 25.7 Å². The Labute approximate surface area is 133 Å². The molecule has 0 heterocycles. The lowest BCUT2D eigenvalue weighted by molar-refractivity contribution is -0.421. The standard InChI is InChI=1S/C17H16N2O4/c20-18(21)16-10-3-1-6-14(16)12-8-5-9-13(12)15-7-2-4-11-17(15)19(22)23/h3-5,8-12H,1-2,6-7H2. The Hall–Kier alpha value is -2.76. The average Bonchev–Trinajstić information content (AvgIpc) is 3.04. The zero-order chi connectivity index (χ0) is 16.4. The van der Waals surface area contributed by atoms with E-state index in [4.69, 9.17) is 0 Å². The van der Waals surface area contributed by atoms with Gasteiger partial charge < -0.3 is 0 Å². The maximum absolute atomic E-state index is 11.3. The van der Waals surface area contributed by atoms with E-state index in [-0.39, 0.29) is 27.2 Å². The summed E-state index contributed by atoms with van der Waals surface area (Å²) >= 11 is 0. The second-order valence-electron chi connectivity index (χ2n) is 5.66. The fourth-order valence-corrected chi connectivity index (χ4v) is 3.35. The molecule has 3 aliphatic carbocycles. The van der Waals surface area contributed by atoms with Crippen LogP contribution in [0.15, 0.2) is 70.6 Å². The molecule has 1 atom stereocenters. The van der Waals surface area contributed by atoms with E-state index in [1.54, 1.807) is 24.3 Å². The van der Waals surface area contributed by atoms with Gasteiger partial charge in [0.15, 0.2) is 0 Å². The summed E-state index contributed by atoms with van der Waals surface area (Å²) in [6.07, 6.45) is 15.0. The van der Waals surface area contributed by atoms with Gasteiger partial charge in [-0.2, -0.15) is 0 Å². The number of hydrogen-bond donors (Lipinski definition) is 0. The third kappa shape index (κ3) is 2.79. The fourth-order valence-electron chi connectivity index (χ4n) is 3.35. The van der Waals surface area contributed by atoms with E-state index < -0.39 is 0 Å². The lowest BCUT2D eigenvalue weighted by Gasteiger charge is -2.21. The normalized spacial score (nSPS) is 23.5. The fraction of sp³-hybridized carbons (Fsp3) is 0.294. The zero-order valence-electron chi connectivity index (χ0n) is 12.5. The van der Waals surface area contributed by atoms with Crippen molar-refractivity contribution >= 4 is 0 Å². The van der Waals surface area contributed by atoms with E-state index in [1.165, 1.54) is 0 Å². The van der Waals surface area contributed by atoms with Gasteiger partial charge in [-0.3, -0.25) is 20.2 Å². The molecule has 0 radical (unpaired) electrons. The molecule has 3 aliphatic rings. The van der Waals surface area contributed by atoms with Crippen molar-refractivity contribution in [1.29, 1.82) is 0 Å². The maximum atomic E-state index is 11.3. The van der Waals surface area contributed by atoms with Crippen LogP contribution in [0.2, 0.25) is 0 Å². The van der Waals surface area contributed by atoms with Gasteiger partial charge in [0.1, 0.15) is 0 Å². The predicted molar refractivity (Wildman–Crippen MR) is 85.5 cm³/mol. The molecular weight excluding hydrogens is 296 g/mol. The van der Waals surface area contributed by atoms with Crippen LogP contribution < -0.4 is 0 Å². The highest BCUT2D eigenvalue weighted by molar-refractivity contribution is 5.52. The zero-order valence-corrected chi connectivity index (χ0v) is 12.5. The Morgan fingerprint density at radius 1 is 0.957 bits per heavy atom. The van der Waals surface area contributed by atoms with E-state index in [0.717, 1.165) is 24.0 Å². The van der Waals surface area contributed by atoms with Gasteiger partial charge in [0.25, 0.3) is 11.4 Å². The monoisotopic (exact) mass is 312 g/mol. The summed E-state index contributed by atoms with van der Waals surface area (Å²) in [4.78, 5) is 21.9. The van der Waals surface area contributed by atoms with Crippen molar-refractivity contribution in [3.8, 4) is 0 Å². The second-order valence-corrected chi connectivity index (χ2v) is 5.66. The summed E-state index contributed by atoms with van der Waals surface area (Å²) in [6, 6.07) is 0. The quantitative estimate of drug-likeness (QED) is 0.582. The summed E-state index contributed by atoms with van der Waals surface area (Å²) in [5.41, 5.74) is 2.48. The van der Waals surface area contributed by atoms with Gasteiger partial charge in [-0.25, -0.2) is 0 Å². The number of nitrogens with zero attached hydrogens (tertiary/aromatic N) is 2. The SMILES string of the molecule is O=[N+]([O-])C1=C(C2=CC=CC2C2=C([N+](=O)[O-])C=CCC2)CCC=C1. The summed E-state index contributed by atoms with van der Waals surface area (Å²) < 4.78 is 0. The number of hydrogen-bond acceptors (Lipinski definition) is 4. The van der Waals surface area contributed by atoms with Gasteiger partial charge in [0.2, 0.25) is 0 Å². The van der Waals surface area contributed by atoms with Crippen molar-refractivity contribution in [3.63, 3.8) is 0 Å². The van der Waals surface area contributed by atoms with E-state index in [9.17, 15) is 20.2 Å². The molecule has 118 valence electrons. The van der Waals surface area contributed by atoms with Crippen molar-refractivity contribution in [2.75, 3.05) is 0 Å². The van der Waals surface area contributed by atoms with Crippen LogP contribution in [-0.2, 0) is 0 Å². The van der Waals surface area contributed by atoms with Gasteiger partial charge in [-0.05, 0) is 31.3 Å². The summed E-state index contributed by atoms with van der Waals surface area (Å²) in [6.45, 7) is 0. The van der Waals surface area contributed by atoms with E-state index in [2.05, 4.69) is 0 Å². The first kappa shape index (κ1) is 15.1. The maximum Gasteiger partial charge on any atom is 0.272 e. The molecule has 0 bridgehead atoms. The molecule has 0 aromatic carbocycles. The van der Waals surface area contributed by atoms with E-state index >= 15 is 0 Å². The van der Waals surface area contributed by atoms with E-state index in [0.29, 0.717) is 18.4 Å². The van der Waals surface area contributed by atoms with Gasteiger partial charge in [-0.15, -0.1) is 0 Å². The van der Waals surface area contributed by atoms with Crippen LogP contribution in [0.5, 0.6) is 0 Å². The number of rotatable bonds is 4. The van der Waals surface area contributed by atoms with Crippen LogP contribution in [0, 0.1) is 26.1 Å². The average molecular weight is 312 g/mol. The van der Waals surface area contributed by atoms with Gasteiger partial charge in [0, 0.05) is 29.2 Å². The minimum Gasteiger partial charge on any atom is -0.258 e. The highest BCUT2D eigenvalue weighted by atomic mass is 16.6. The Bertz CT molecular complexity index is 751. The molecule has 0 fully saturated rings. The molecule has 0 aromatic rings. The summed E-state index contributed by atoms with van der Waals surface area (Å²) in [5, 5.41) is 22.6. The summed E-state index contributed by atoms with van der Waals surface area (Å²) in [7, 11) is 0. The molecule has 6 nitrogen and oxygen atoms in total. The van der Waals surface area contributed by atoms with Gasteiger partial charge in [0.05, 0.1) is 9.85 Å². The highest BCUT2D eigenvalue weighted by Crippen LogP contribution is 2.41. The molecule has 3 rings (SSSR count). The first-order valence-corrected chi connectivity index (χ1v) is 7.56. The molecule has 0 saturated heterocycles. The summed E-state index contributed by atoms with van der Waals surface area (Å²) in [5.74, 6) is -0.239. The van der Waals surface area contributed by atoms with Crippen molar-refractivity contribution in [2.45, 2.75) is 25.7 Å². The molecule has 1 unspecified atom stereocenters. The molecule has 0 spiro atoms. The predicted octanol–water partition coefficient (Wildman–Crippen LogP) is 3.86. The molecule has 0 aliphatic heterocycles. The molecular formula is C17H16N2O4. The smallest absolute Gasteiger partial charge is 0.258 e. The molecule has 0 saturated carbocycles. The van der Waals surface area contributed by atoms with Crippen molar-refractivity contribution < 1.29 is 9.85 Å². The topological polar surface area (TPSA) is 86.3 Å². The first-order valence-electron chi connectivity index (χ1n) is 7.56. The van der Waals surface area contributed by atoms with Gasteiger partial charge >= 0.3 is 0 Å². The number of nitro groups is 2.